The molecule has 0 aromatic heterocycles. The maximum atomic E-state index is 13.5. The first-order valence-corrected chi connectivity index (χ1v) is 11.3. The van der Waals surface area contributed by atoms with Crippen molar-refractivity contribution in [2.75, 3.05) is 10.2 Å². The molecule has 0 radical (unpaired) electrons. The first kappa shape index (κ1) is 22.5. The molecule has 162 valence electrons. The number of anilines is 2. The lowest BCUT2D eigenvalue weighted by atomic mass is 9.73. The van der Waals surface area contributed by atoms with E-state index < -0.39 is 6.04 Å². The van der Waals surface area contributed by atoms with Gasteiger partial charge in [-0.1, -0.05) is 66.3 Å². The molecule has 2 aromatic carbocycles. The zero-order valence-electron chi connectivity index (χ0n) is 17.2. The van der Waals surface area contributed by atoms with Crippen molar-refractivity contribution in [2.24, 2.45) is 5.41 Å². The highest BCUT2D eigenvalue weighted by Crippen LogP contribution is 2.50. The van der Waals surface area contributed by atoms with Gasteiger partial charge in [-0.25, -0.2) is 0 Å². The fraction of sp³-hybridized carbons (Fsp3) is 0.304. The standard InChI is InChI=1S/C23H20Cl4N2O2/c1-11(30)29-19-8-16(27)15(26)7-17(19)28-18-9-23(2,3)10-20(31)21(18)22(29)13-5-4-12(24)6-14(13)25/h4-8,22,28H,9-10H2,1-3H3. The summed E-state index contributed by atoms with van der Waals surface area (Å²) in [5.74, 6) is -0.296. The largest absolute Gasteiger partial charge is 0.357 e. The number of rotatable bonds is 1. The minimum Gasteiger partial charge on any atom is -0.357 e. The molecule has 4 nitrogen and oxygen atoms in total. The van der Waals surface area contributed by atoms with Gasteiger partial charge in [0.15, 0.2) is 5.78 Å². The molecule has 1 aliphatic carbocycles. The maximum absolute atomic E-state index is 13.5. The zero-order valence-corrected chi connectivity index (χ0v) is 20.2. The number of benzene rings is 2. The Morgan fingerprint density at radius 1 is 1.03 bits per heavy atom. The number of carbonyl (C=O) groups is 2. The summed E-state index contributed by atoms with van der Waals surface area (Å²) in [6.45, 7) is 5.54. The number of nitrogens with one attached hydrogen (secondary N) is 1. The van der Waals surface area contributed by atoms with E-state index in [4.69, 9.17) is 46.4 Å². The molecule has 1 amide bonds. The highest BCUT2D eigenvalue weighted by atomic mass is 35.5. The van der Waals surface area contributed by atoms with Gasteiger partial charge in [0, 0.05) is 34.7 Å². The van der Waals surface area contributed by atoms with Crippen molar-refractivity contribution < 1.29 is 9.59 Å². The molecular formula is C23H20Cl4N2O2. The number of fused-ring (bicyclic) bond motifs is 1. The van der Waals surface area contributed by atoms with Gasteiger partial charge in [0.2, 0.25) is 5.91 Å². The number of ketones is 1. The van der Waals surface area contributed by atoms with Crippen molar-refractivity contribution in [3.05, 3.63) is 67.3 Å². The summed E-state index contributed by atoms with van der Waals surface area (Å²) in [5.41, 5.74) is 2.78. The van der Waals surface area contributed by atoms with Crippen molar-refractivity contribution in [2.45, 2.75) is 39.7 Å². The Balaban J connectivity index is 2.07. The second-order valence-electron chi connectivity index (χ2n) is 8.70. The van der Waals surface area contributed by atoms with Crippen LogP contribution in [0.1, 0.15) is 45.2 Å². The van der Waals surface area contributed by atoms with Gasteiger partial charge in [0.05, 0.1) is 27.5 Å². The normalized spacial score (nSPS) is 20.0. The number of hydrogen-bond donors (Lipinski definition) is 1. The topological polar surface area (TPSA) is 49.4 Å². The fourth-order valence-corrected chi connectivity index (χ4v) is 5.23. The van der Waals surface area contributed by atoms with Crippen LogP contribution in [0.4, 0.5) is 11.4 Å². The van der Waals surface area contributed by atoms with Crippen LogP contribution in [0.3, 0.4) is 0 Å². The van der Waals surface area contributed by atoms with Crippen LogP contribution in [0.25, 0.3) is 0 Å². The van der Waals surface area contributed by atoms with E-state index in [1.54, 1.807) is 35.2 Å². The number of allylic oxidation sites excluding steroid dienone is 1. The van der Waals surface area contributed by atoms with Crippen LogP contribution < -0.4 is 10.2 Å². The lowest BCUT2D eigenvalue weighted by molar-refractivity contribution is -0.118. The van der Waals surface area contributed by atoms with Crippen LogP contribution in [0.5, 0.6) is 0 Å². The van der Waals surface area contributed by atoms with Crippen molar-refractivity contribution >= 4 is 69.5 Å². The summed E-state index contributed by atoms with van der Waals surface area (Å²) in [6.07, 6.45) is 0.986. The number of nitrogens with zero attached hydrogens (tertiary/aromatic N) is 1. The summed E-state index contributed by atoms with van der Waals surface area (Å²) in [7, 11) is 0. The second kappa shape index (κ2) is 8.00. The molecule has 0 fully saturated rings. The third kappa shape index (κ3) is 4.07. The smallest absolute Gasteiger partial charge is 0.224 e. The Morgan fingerprint density at radius 2 is 1.71 bits per heavy atom. The van der Waals surface area contributed by atoms with Gasteiger partial charge in [0.1, 0.15) is 0 Å². The number of halogens is 4. The van der Waals surface area contributed by atoms with Crippen LogP contribution in [-0.4, -0.2) is 11.7 Å². The van der Waals surface area contributed by atoms with E-state index in [0.717, 1.165) is 5.70 Å². The van der Waals surface area contributed by atoms with Crippen LogP contribution in [-0.2, 0) is 9.59 Å². The molecule has 2 aromatic rings. The summed E-state index contributed by atoms with van der Waals surface area (Å²) in [4.78, 5) is 28.0. The number of amides is 1. The molecule has 1 aliphatic heterocycles. The minimum atomic E-state index is -0.730. The van der Waals surface area contributed by atoms with Gasteiger partial charge < -0.3 is 5.32 Å². The predicted molar refractivity (Wildman–Crippen MR) is 127 cm³/mol. The monoisotopic (exact) mass is 496 g/mol. The number of carbonyl (C=O) groups excluding carboxylic acids is 2. The second-order valence-corrected chi connectivity index (χ2v) is 10.4. The van der Waals surface area contributed by atoms with Crippen LogP contribution in [0.2, 0.25) is 20.1 Å². The van der Waals surface area contributed by atoms with Crippen molar-refractivity contribution in [3.8, 4) is 0 Å². The lowest BCUT2D eigenvalue weighted by Gasteiger charge is -2.37. The van der Waals surface area contributed by atoms with Gasteiger partial charge in [0.25, 0.3) is 0 Å². The minimum absolute atomic E-state index is 0.0361. The SMILES string of the molecule is CC(=O)N1c2cc(Cl)c(Cl)cc2NC2=C(C(=O)CC(C)(C)C2)C1c1ccc(Cl)cc1Cl. The average Bonchev–Trinajstić information content (AvgIpc) is 2.75. The first-order chi connectivity index (χ1) is 14.5. The highest BCUT2D eigenvalue weighted by Gasteiger charge is 2.43. The zero-order chi connectivity index (χ0) is 22.7. The summed E-state index contributed by atoms with van der Waals surface area (Å²) < 4.78 is 0. The van der Waals surface area contributed by atoms with E-state index in [1.807, 2.05) is 13.8 Å². The third-order valence-corrected chi connectivity index (χ3v) is 6.92. The Hall–Kier alpha value is -1.72. The third-order valence-electron chi connectivity index (χ3n) is 5.63. The molecule has 0 saturated heterocycles. The van der Waals surface area contributed by atoms with Crippen LogP contribution in [0.15, 0.2) is 41.6 Å². The van der Waals surface area contributed by atoms with E-state index in [1.165, 1.54) is 6.92 Å². The molecule has 1 atom stereocenters. The Kier molecular flexibility index (Phi) is 5.80. The van der Waals surface area contributed by atoms with E-state index in [2.05, 4.69) is 5.32 Å². The van der Waals surface area contributed by atoms with Crippen LogP contribution in [0, 0.1) is 5.41 Å². The number of Topliss-reactive ketones (excluding diaryl/α,β-unsaturated/α-hetero) is 1. The summed E-state index contributed by atoms with van der Waals surface area (Å²) in [5, 5.41) is 4.88. The van der Waals surface area contributed by atoms with Gasteiger partial charge >= 0.3 is 0 Å². The molecule has 1 N–H and O–H groups in total. The number of hydrogen-bond acceptors (Lipinski definition) is 3. The van der Waals surface area contributed by atoms with Gasteiger partial charge in [-0.2, -0.15) is 0 Å². The molecule has 2 aliphatic rings. The van der Waals surface area contributed by atoms with E-state index in [9.17, 15) is 9.59 Å². The first-order valence-electron chi connectivity index (χ1n) is 9.75. The Labute approximate surface area is 201 Å². The highest BCUT2D eigenvalue weighted by molar-refractivity contribution is 6.42. The van der Waals surface area contributed by atoms with E-state index in [-0.39, 0.29) is 17.1 Å². The van der Waals surface area contributed by atoms with Crippen molar-refractivity contribution in [1.29, 1.82) is 0 Å². The maximum Gasteiger partial charge on any atom is 0.224 e. The average molecular weight is 498 g/mol. The molecule has 1 unspecified atom stereocenters. The van der Waals surface area contributed by atoms with E-state index in [0.29, 0.717) is 55.4 Å². The fourth-order valence-electron chi connectivity index (χ4n) is 4.40. The molecule has 0 bridgehead atoms. The quantitative estimate of drug-likeness (QED) is 0.444. The molecular weight excluding hydrogens is 478 g/mol. The van der Waals surface area contributed by atoms with Gasteiger partial charge in [-0.05, 0) is 41.7 Å². The summed E-state index contributed by atoms with van der Waals surface area (Å²) >= 11 is 25.3. The van der Waals surface area contributed by atoms with Gasteiger partial charge in [-0.3, -0.25) is 14.5 Å². The van der Waals surface area contributed by atoms with Crippen molar-refractivity contribution in [3.63, 3.8) is 0 Å². The molecule has 1 heterocycles. The Morgan fingerprint density at radius 3 is 2.35 bits per heavy atom. The predicted octanol–water partition coefficient (Wildman–Crippen LogP) is 7.46. The molecule has 0 spiro atoms. The van der Waals surface area contributed by atoms with Gasteiger partial charge in [-0.15, -0.1) is 0 Å². The van der Waals surface area contributed by atoms with Crippen molar-refractivity contribution in [1.82, 2.24) is 0 Å². The molecule has 31 heavy (non-hydrogen) atoms. The molecule has 8 heteroatoms. The summed E-state index contributed by atoms with van der Waals surface area (Å²) in [6, 6.07) is 7.66. The molecule has 0 saturated carbocycles. The van der Waals surface area contributed by atoms with Crippen LogP contribution >= 0.6 is 46.4 Å². The lowest BCUT2D eigenvalue weighted by Crippen LogP contribution is -2.38. The van der Waals surface area contributed by atoms with E-state index >= 15 is 0 Å². The molecule has 4 rings (SSSR count). The Bertz CT molecular complexity index is 1160.